The highest BCUT2D eigenvalue weighted by Crippen LogP contribution is 2.11. The molecule has 1 N–H and O–H groups in total. The van der Waals surface area contributed by atoms with Crippen LogP contribution in [-0.4, -0.2) is 19.7 Å². The van der Waals surface area contributed by atoms with Gasteiger partial charge in [-0.1, -0.05) is 0 Å². The lowest BCUT2D eigenvalue weighted by Gasteiger charge is -2.05. The van der Waals surface area contributed by atoms with Crippen molar-refractivity contribution in [1.82, 2.24) is 19.7 Å². The van der Waals surface area contributed by atoms with E-state index in [1.165, 1.54) is 6.20 Å². The maximum Gasteiger partial charge on any atom is 0.182 e. The highest BCUT2D eigenvalue weighted by Gasteiger charge is 2.06. The Morgan fingerprint density at radius 1 is 1.41 bits per heavy atom. The summed E-state index contributed by atoms with van der Waals surface area (Å²) in [5, 5.41) is 16.1. The van der Waals surface area contributed by atoms with Gasteiger partial charge >= 0.3 is 0 Å². The van der Waals surface area contributed by atoms with Gasteiger partial charge in [-0.2, -0.15) is 10.4 Å². The lowest BCUT2D eigenvalue weighted by molar-refractivity contribution is 0.738. The molecule has 6 heteroatoms. The molecule has 2 aromatic rings. The van der Waals surface area contributed by atoms with Crippen LogP contribution in [0.5, 0.6) is 0 Å². The number of aryl methyl sites for hydroxylation is 1. The standard InChI is InChI=1S/C11H12N6/c1-8-9(7-16-17(8)2)6-15-11-10(5-12)13-3-4-14-11/h3-4,7H,6H2,1-2H3,(H,14,15). The summed E-state index contributed by atoms with van der Waals surface area (Å²) < 4.78 is 1.80. The number of hydrogen-bond donors (Lipinski definition) is 1. The molecule has 17 heavy (non-hydrogen) atoms. The third-order valence-corrected chi connectivity index (χ3v) is 2.59. The largest absolute Gasteiger partial charge is 0.363 e. The molecule has 0 amide bonds. The van der Waals surface area contributed by atoms with Crippen LogP contribution < -0.4 is 5.32 Å². The van der Waals surface area contributed by atoms with Crippen LogP contribution in [0.3, 0.4) is 0 Å². The first-order valence-electron chi connectivity index (χ1n) is 5.15. The first-order chi connectivity index (χ1) is 8.22. The zero-order chi connectivity index (χ0) is 12.3. The predicted molar refractivity (Wildman–Crippen MR) is 62.0 cm³/mol. The van der Waals surface area contributed by atoms with Crippen LogP contribution in [0.25, 0.3) is 0 Å². The van der Waals surface area contributed by atoms with Gasteiger partial charge in [0.15, 0.2) is 11.5 Å². The Kier molecular flexibility index (Phi) is 3.01. The minimum atomic E-state index is 0.300. The van der Waals surface area contributed by atoms with E-state index in [1.54, 1.807) is 17.1 Å². The summed E-state index contributed by atoms with van der Waals surface area (Å²) in [6.07, 6.45) is 4.85. The van der Waals surface area contributed by atoms with Gasteiger partial charge in [0.25, 0.3) is 0 Å². The molecule has 6 nitrogen and oxygen atoms in total. The number of nitrogens with one attached hydrogen (secondary N) is 1. The molecule has 0 radical (unpaired) electrons. The van der Waals surface area contributed by atoms with E-state index in [0.29, 0.717) is 18.1 Å². The Morgan fingerprint density at radius 3 is 2.82 bits per heavy atom. The van der Waals surface area contributed by atoms with Gasteiger partial charge in [0.2, 0.25) is 0 Å². The molecule has 0 unspecified atom stereocenters. The van der Waals surface area contributed by atoms with Gasteiger partial charge in [-0.15, -0.1) is 0 Å². The Balaban J connectivity index is 2.13. The Bertz CT molecular complexity index is 566. The lowest BCUT2D eigenvalue weighted by Crippen LogP contribution is -2.05. The molecule has 2 rings (SSSR count). The SMILES string of the molecule is Cc1c(CNc2nccnc2C#N)cnn1C. The van der Waals surface area contributed by atoms with Gasteiger partial charge < -0.3 is 5.32 Å². The van der Waals surface area contributed by atoms with E-state index in [4.69, 9.17) is 5.26 Å². The summed E-state index contributed by atoms with van der Waals surface area (Å²) in [6, 6.07) is 1.99. The van der Waals surface area contributed by atoms with Crippen LogP contribution in [0, 0.1) is 18.3 Å². The van der Waals surface area contributed by atoms with Gasteiger partial charge in [0.1, 0.15) is 6.07 Å². The van der Waals surface area contributed by atoms with Crippen molar-refractivity contribution in [1.29, 1.82) is 5.26 Å². The van der Waals surface area contributed by atoms with Crippen molar-refractivity contribution in [2.24, 2.45) is 7.05 Å². The number of rotatable bonds is 3. The van der Waals surface area contributed by atoms with Crippen LogP contribution in [0.2, 0.25) is 0 Å². The molecule has 0 saturated heterocycles. The van der Waals surface area contributed by atoms with E-state index < -0.39 is 0 Å². The van der Waals surface area contributed by atoms with Crippen LogP contribution in [0.1, 0.15) is 17.0 Å². The lowest BCUT2D eigenvalue weighted by atomic mass is 10.2. The summed E-state index contributed by atoms with van der Waals surface area (Å²) in [5.41, 5.74) is 2.45. The van der Waals surface area contributed by atoms with Crippen molar-refractivity contribution < 1.29 is 0 Å². The van der Waals surface area contributed by atoms with Crippen molar-refractivity contribution in [2.75, 3.05) is 5.32 Å². The molecule has 0 aliphatic carbocycles. The van der Waals surface area contributed by atoms with Crippen LogP contribution in [-0.2, 0) is 13.6 Å². The third-order valence-electron chi connectivity index (χ3n) is 2.59. The van der Waals surface area contributed by atoms with E-state index >= 15 is 0 Å². The second-order valence-electron chi connectivity index (χ2n) is 3.60. The normalized spacial score (nSPS) is 9.94. The predicted octanol–water partition coefficient (Wildman–Crippen LogP) is 1.00. The molecular formula is C11H12N6. The number of nitriles is 1. The first-order valence-corrected chi connectivity index (χ1v) is 5.15. The maximum absolute atomic E-state index is 8.87. The first kappa shape index (κ1) is 11.1. The highest BCUT2D eigenvalue weighted by atomic mass is 15.3. The van der Waals surface area contributed by atoms with Crippen molar-refractivity contribution in [3.63, 3.8) is 0 Å². The zero-order valence-electron chi connectivity index (χ0n) is 9.68. The molecule has 0 aromatic carbocycles. The summed E-state index contributed by atoms with van der Waals surface area (Å²) in [4.78, 5) is 8.01. The van der Waals surface area contributed by atoms with E-state index in [2.05, 4.69) is 20.4 Å². The van der Waals surface area contributed by atoms with Crippen molar-refractivity contribution in [3.8, 4) is 6.07 Å². The van der Waals surface area contributed by atoms with Gasteiger partial charge in [0, 0.05) is 37.2 Å². The van der Waals surface area contributed by atoms with Crippen LogP contribution in [0.15, 0.2) is 18.6 Å². The van der Waals surface area contributed by atoms with Crippen LogP contribution in [0.4, 0.5) is 5.82 Å². The maximum atomic E-state index is 8.87. The molecule has 0 aliphatic rings. The topological polar surface area (TPSA) is 79.4 Å². The van der Waals surface area contributed by atoms with Crippen LogP contribution >= 0.6 is 0 Å². The molecule has 0 spiro atoms. The minimum absolute atomic E-state index is 0.300. The van der Waals surface area contributed by atoms with E-state index in [9.17, 15) is 0 Å². The molecule has 0 fully saturated rings. The van der Waals surface area contributed by atoms with Crippen molar-refractivity contribution in [2.45, 2.75) is 13.5 Å². The molecule has 2 heterocycles. The average Bonchev–Trinajstić information content (AvgIpc) is 2.68. The molecule has 86 valence electrons. The molecule has 2 aromatic heterocycles. The van der Waals surface area contributed by atoms with E-state index in [-0.39, 0.29) is 0 Å². The van der Waals surface area contributed by atoms with Crippen molar-refractivity contribution >= 4 is 5.82 Å². The number of nitrogens with zero attached hydrogens (tertiary/aromatic N) is 5. The fourth-order valence-electron chi connectivity index (χ4n) is 1.45. The molecule has 0 bridgehead atoms. The summed E-state index contributed by atoms with van der Waals surface area (Å²) in [7, 11) is 1.89. The average molecular weight is 228 g/mol. The molecule has 0 atom stereocenters. The smallest absolute Gasteiger partial charge is 0.182 e. The second-order valence-corrected chi connectivity index (χ2v) is 3.60. The van der Waals surface area contributed by atoms with E-state index in [1.807, 2.05) is 20.0 Å². The monoisotopic (exact) mass is 228 g/mol. The van der Waals surface area contributed by atoms with Gasteiger partial charge in [-0.05, 0) is 6.92 Å². The third kappa shape index (κ3) is 2.23. The summed E-state index contributed by atoms with van der Waals surface area (Å²) in [5.74, 6) is 0.498. The second kappa shape index (κ2) is 4.61. The quantitative estimate of drug-likeness (QED) is 0.847. The van der Waals surface area contributed by atoms with Crippen molar-refractivity contribution in [3.05, 3.63) is 35.5 Å². The minimum Gasteiger partial charge on any atom is -0.363 e. The Labute approximate surface area is 98.9 Å². The fourth-order valence-corrected chi connectivity index (χ4v) is 1.45. The fraction of sp³-hybridized carbons (Fsp3) is 0.273. The Morgan fingerprint density at radius 2 is 2.18 bits per heavy atom. The summed E-state index contributed by atoms with van der Waals surface area (Å²) >= 11 is 0. The van der Waals surface area contributed by atoms with Gasteiger partial charge in [-0.25, -0.2) is 9.97 Å². The number of anilines is 1. The molecule has 0 aliphatic heterocycles. The highest BCUT2D eigenvalue weighted by molar-refractivity contribution is 5.47. The molecule has 0 saturated carbocycles. The number of aromatic nitrogens is 4. The number of hydrogen-bond acceptors (Lipinski definition) is 5. The Hall–Kier alpha value is -2.42. The van der Waals surface area contributed by atoms with Gasteiger partial charge in [0.05, 0.1) is 6.20 Å². The molecular weight excluding hydrogens is 216 g/mol. The summed E-state index contributed by atoms with van der Waals surface area (Å²) in [6.45, 7) is 2.57. The van der Waals surface area contributed by atoms with Gasteiger partial charge in [-0.3, -0.25) is 4.68 Å². The van der Waals surface area contributed by atoms with E-state index in [0.717, 1.165) is 11.3 Å². The zero-order valence-corrected chi connectivity index (χ0v) is 9.68.